The zero-order chi connectivity index (χ0) is 20.2. The van der Waals surface area contributed by atoms with Crippen LogP contribution in [0.4, 0.5) is 0 Å². The van der Waals surface area contributed by atoms with Gasteiger partial charge in [-0.2, -0.15) is 0 Å². The number of unbranched alkanes of at least 4 members (excludes halogenated alkanes) is 2. The standard InChI is InChI=1S/C8H17NO.C6H11NO.C6H13NO/c1-3-4-5-6-9-7-8(2)10;1-5(8)4-7-6-2-3-6;1-3-4-7-5-6(2)8/h9H,3-7H2,1-2H3;6-7H,2-4H2,1H3;7H,3-5H2,1-2H3. The van der Waals surface area contributed by atoms with Crippen molar-refractivity contribution in [1.82, 2.24) is 16.0 Å². The van der Waals surface area contributed by atoms with E-state index in [1.165, 1.54) is 32.1 Å². The Morgan fingerprint density at radius 3 is 1.62 bits per heavy atom. The summed E-state index contributed by atoms with van der Waals surface area (Å²) in [6, 6.07) is 0.666. The molecule has 6 nitrogen and oxygen atoms in total. The summed E-state index contributed by atoms with van der Waals surface area (Å²) in [7, 11) is 0. The van der Waals surface area contributed by atoms with Crippen LogP contribution in [-0.4, -0.2) is 56.1 Å². The number of ketones is 3. The topological polar surface area (TPSA) is 87.3 Å². The van der Waals surface area contributed by atoms with Gasteiger partial charge < -0.3 is 16.0 Å². The Morgan fingerprint density at radius 1 is 0.731 bits per heavy atom. The summed E-state index contributed by atoms with van der Waals surface area (Å²) in [5, 5.41) is 9.16. The average molecular weight is 372 g/mol. The Balaban J connectivity index is 0. The Labute approximate surface area is 160 Å². The molecule has 1 fully saturated rings. The molecule has 3 N–H and O–H groups in total. The summed E-state index contributed by atoms with van der Waals surface area (Å²) in [5.41, 5.74) is 0. The first-order valence-corrected chi connectivity index (χ1v) is 9.96. The highest BCUT2D eigenvalue weighted by molar-refractivity contribution is 5.78. The fraction of sp³-hybridized carbons (Fsp3) is 0.850. The van der Waals surface area contributed by atoms with Crippen LogP contribution in [0.15, 0.2) is 0 Å². The lowest BCUT2D eigenvalue weighted by molar-refractivity contribution is -0.117. The molecule has 1 saturated carbocycles. The van der Waals surface area contributed by atoms with E-state index in [4.69, 9.17) is 0 Å². The van der Waals surface area contributed by atoms with Gasteiger partial charge in [0.2, 0.25) is 0 Å². The molecule has 0 amide bonds. The van der Waals surface area contributed by atoms with Gasteiger partial charge in [0.05, 0.1) is 19.6 Å². The van der Waals surface area contributed by atoms with Gasteiger partial charge in [0.15, 0.2) is 0 Å². The maximum atomic E-state index is 10.4. The maximum absolute atomic E-state index is 10.4. The molecule has 0 aromatic carbocycles. The number of carbonyl (C=O) groups excluding carboxylic acids is 3. The van der Waals surface area contributed by atoms with Gasteiger partial charge in [-0.25, -0.2) is 0 Å². The summed E-state index contributed by atoms with van der Waals surface area (Å²) in [5.74, 6) is 0.659. The van der Waals surface area contributed by atoms with E-state index in [9.17, 15) is 14.4 Å². The molecule has 26 heavy (non-hydrogen) atoms. The van der Waals surface area contributed by atoms with Crippen LogP contribution in [0.3, 0.4) is 0 Å². The van der Waals surface area contributed by atoms with Gasteiger partial charge in [0, 0.05) is 6.04 Å². The van der Waals surface area contributed by atoms with E-state index >= 15 is 0 Å². The molecule has 0 aliphatic heterocycles. The van der Waals surface area contributed by atoms with E-state index in [1.807, 2.05) is 0 Å². The molecule has 1 aliphatic rings. The van der Waals surface area contributed by atoms with E-state index in [1.54, 1.807) is 20.8 Å². The second-order valence-electron chi connectivity index (χ2n) is 6.82. The summed E-state index contributed by atoms with van der Waals surface area (Å²) in [4.78, 5) is 31.0. The minimum atomic E-state index is 0.207. The number of nitrogens with one attached hydrogen (secondary N) is 3. The monoisotopic (exact) mass is 371 g/mol. The first-order valence-electron chi connectivity index (χ1n) is 9.96. The van der Waals surface area contributed by atoms with Crippen LogP contribution in [0.1, 0.15) is 73.1 Å². The van der Waals surface area contributed by atoms with Crippen molar-refractivity contribution in [1.29, 1.82) is 0 Å². The molecular formula is C20H41N3O3. The predicted octanol–water partition coefficient (Wildman–Crippen LogP) is 2.26. The van der Waals surface area contributed by atoms with Crippen LogP contribution in [0.25, 0.3) is 0 Å². The highest BCUT2D eigenvalue weighted by Crippen LogP contribution is 2.17. The second kappa shape index (κ2) is 20.2. The Kier molecular flexibility index (Phi) is 21.1. The van der Waals surface area contributed by atoms with Crippen molar-refractivity contribution in [2.75, 3.05) is 32.7 Å². The third-order valence-corrected chi connectivity index (χ3v) is 3.35. The van der Waals surface area contributed by atoms with Gasteiger partial charge in [-0.05, 0) is 59.5 Å². The van der Waals surface area contributed by atoms with E-state index < -0.39 is 0 Å². The smallest absolute Gasteiger partial charge is 0.143 e. The third kappa shape index (κ3) is 30.7. The number of hydrogen-bond acceptors (Lipinski definition) is 6. The molecule has 0 radical (unpaired) electrons. The van der Waals surface area contributed by atoms with E-state index in [0.717, 1.165) is 19.5 Å². The van der Waals surface area contributed by atoms with Crippen molar-refractivity contribution < 1.29 is 14.4 Å². The van der Waals surface area contributed by atoms with E-state index in [0.29, 0.717) is 25.7 Å². The molecule has 0 saturated heterocycles. The molecule has 0 aromatic heterocycles. The molecule has 0 unspecified atom stereocenters. The van der Waals surface area contributed by atoms with Crippen molar-refractivity contribution in [2.45, 2.75) is 79.2 Å². The van der Waals surface area contributed by atoms with Crippen molar-refractivity contribution >= 4 is 17.3 Å². The Hall–Kier alpha value is -1.11. The molecule has 1 rings (SSSR count). The van der Waals surface area contributed by atoms with Gasteiger partial charge in [0.25, 0.3) is 0 Å². The number of carbonyl (C=O) groups is 3. The molecule has 0 heterocycles. The van der Waals surface area contributed by atoms with Crippen LogP contribution in [-0.2, 0) is 14.4 Å². The van der Waals surface area contributed by atoms with E-state index in [-0.39, 0.29) is 17.3 Å². The van der Waals surface area contributed by atoms with Crippen LogP contribution in [0.2, 0.25) is 0 Å². The molecule has 0 aromatic rings. The van der Waals surface area contributed by atoms with Gasteiger partial charge in [-0.1, -0.05) is 26.7 Å². The van der Waals surface area contributed by atoms with Gasteiger partial charge >= 0.3 is 0 Å². The molecule has 1 aliphatic carbocycles. The molecule has 0 spiro atoms. The first-order chi connectivity index (χ1) is 12.3. The fourth-order valence-electron chi connectivity index (χ4n) is 1.78. The fourth-order valence-corrected chi connectivity index (χ4v) is 1.78. The number of Topliss-reactive ketones (excluding diaryl/α,β-unsaturated/α-hetero) is 3. The minimum Gasteiger partial charge on any atom is -0.310 e. The second-order valence-corrected chi connectivity index (χ2v) is 6.82. The van der Waals surface area contributed by atoms with Crippen LogP contribution in [0.5, 0.6) is 0 Å². The van der Waals surface area contributed by atoms with Crippen molar-refractivity contribution in [2.24, 2.45) is 0 Å². The van der Waals surface area contributed by atoms with Gasteiger partial charge in [0.1, 0.15) is 17.3 Å². The SMILES string of the molecule is CC(=O)CNC1CC1.CCCCCNCC(C)=O.CCCNCC(C)=O. The van der Waals surface area contributed by atoms with Crippen molar-refractivity contribution in [3.63, 3.8) is 0 Å². The van der Waals surface area contributed by atoms with Crippen molar-refractivity contribution in [3.8, 4) is 0 Å². The Bertz CT molecular complexity index is 369. The molecule has 6 heteroatoms. The predicted molar refractivity (Wildman–Crippen MR) is 109 cm³/mol. The zero-order valence-electron chi connectivity index (χ0n) is 17.6. The highest BCUT2D eigenvalue weighted by Gasteiger charge is 2.20. The lowest BCUT2D eigenvalue weighted by atomic mass is 10.2. The zero-order valence-corrected chi connectivity index (χ0v) is 17.6. The summed E-state index contributed by atoms with van der Waals surface area (Å²) in [6.07, 6.45) is 7.28. The molecular weight excluding hydrogens is 330 g/mol. The molecule has 0 bridgehead atoms. The summed E-state index contributed by atoms with van der Waals surface area (Å²) in [6.45, 7) is 12.6. The molecule has 0 atom stereocenters. The lowest BCUT2D eigenvalue weighted by Gasteiger charge is -1.99. The minimum absolute atomic E-state index is 0.207. The van der Waals surface area contributed by atoms with Gasteiger partial charge in [-0.3, -0.25) is 14.4 Å². The average Bonchev–Trinajstić information content (AvgIpc) is 3.38. The quantitative estimate of drug-likeness (QED) is 0.431. The lowest BCUT2D eigenvalue weighted by Crippen LogP contribution is -2.22. The van der Waals surface area contributed by atoms with Crippen LogP contribution in [0, 0.1) is 0 Å². The maximum Gasteiger partial charge on any atom is 0.143 e. The first kappa shape index (κ1) is 27.1. The summed E-state index contributed by atoms with van der Waals surface area (Å²) < 4.78 is 0. The number of rotatable bonds is 13. The molecule has 154 valence electrons. The van der Waals surface area contributed by atoms with Crippen LogP contribution < -0.4 is 16.0 Å². The largest absolute Gasteiger partial charge is 0.310 e. The highest BCUT2D eigenvalue weighted by atomic mass is 16.1. The number of hydrogen-bond donors (Lipinski definition) is 3. The third-order valence-electron chi connectivity index (χ3n) is 3.35. The van der Waals surface area contributed by atoms with E-state index in [2.05, 4.69) is 29.8 Å². The summed E-state index contributed by atoms with van der Waals surface area (Å²) >= 11 is 0. The van der Waals surface area contributed by atoms with Gasteiger partial charge in [-0.15, -0.1) is 0 Å². The van der Waals surface area contributed by atoms with Crippen molar-refractivity contribution in [3.05, 3.63) is 0 Å². The van der Waals surface area contributed by atoms with Crippen LogP contribution >= 0.6 is 0 Å². The Morgan fingerprint density at radius 2 is 1.23 bits per heavy atom. The normalized spacial score (nSPS) is 12.3.